The van der Waals surface area contributed by atoms with Gasteiger partial charge in [0.25, 0.3) is 0 Å². The fraction of sp³-hybridized carbons (Fsp3) is 0.889. The van der Waals surface area contributed by atoms with Crippen molar-refractivity contribution < 1.29 is 14.6 Å². The van der Waals surface area contributed by atoms with Crippen LogP contribution in [-0.2, 0) is 4.74 Å². The number of nitrogens with one attached hydrogen (secondary N) is 1. The van der Waals surface area contributed by atoms with Gasteiger partial charge in [0.15, 0.2) is 0 Å². The highest BCUT2D eigenvalue weighted by molar-refractivity contribution is 5.67. The number of ether oxygens (including phenoxy) is 1. The van der Waals surface area contributed by atoms with Gasteiger partial charge in [0.1, 0.15) is 0 Å². The van der Waals surface area contributed by atoms with Gasteiger partial charge in [0.2, 0.25) is 0 Å². The highest BCUT2D eigenvalue weighted by Crippen LogP contribution is 2.05. The van der Waals surface area contributed by atoms with Crippen molar-refractivity contribution in [3.05, 3.63) is 0 Å². The van der Waals surface area contributed by atoms with Gasteiger partial charge in [-0.3, -0.25) is 0 Å². The third-order valence-electron chi connectivity index (χ3n) is 1.72. The van der Waals surface area contributed by atoms with E-state index in [1.54, 1.807) is 20.8 Å². The minimum Gasteiger partial charge on any atom is -0.447 e. The van der Waals surface area contributed by atoms with Crippen molar-refractivity contribution >= 4 is 6.09 Å². The second-order valence-corrected chi connectivity index (χ2v) is 3.66. The summed E-state index contributed by atoms with van der Waals surface area (Å²) in [5, 5.41) is 12.0. The molecule has 2 N–H and O–H groups in total. The minimum atomic E-state index is -0.851. The highest BCUT2D eigenvalue weighted by atomic mass is 16.6. The third kappa shape index (κ3) is 6.40. The summed E-state index contributed by atoms with van der Waals surface area (Å²) in [4.78, 5) is 11.0. The Hall–Kier alpha value is -0.770. The molecule has 0 aromatic heterocycles. The van der Waals surface area contributed by atoms with Crippen LogP contribution in [0, 0.1) is 0 Å². The summed E-state index contributed by atoms with van der Waals surface area (Å²) >= 11 is 0. The lowest BCUT2D eigenvalue weighted by atomic mass is 10.0. The molecule has 4 nitrogen and oxygen atoms in total. The molecule has 0 radical (unpaired) electrons. The van der Waals surface area contributed by atoms with E-state index >= 15 is 0 Å². The van der Waals surface area contributed by atoms with Crippen molar-refractivity contribution in [3.63, 3.8) is 0 Å². The molecule has 1 atom stereocenters. The van der Waals surface area contributed by atoms with E-state index in [1.807, 2.05) is 6.92 Å². The molecule has 4 heteroatoms. The van der Waals surface area contributed by atoms with Crippen molar-refractivity contribution in [3.8, 4) is 0 Å². The zero-order valence-electron chi connectivity index (χ0n) is 8.76. The standard InChI is InChI=1S/C9H19NO3/c1-5-9(4,12)6-10-8(11)13-7(2)3/h7,12H,5-6H2,1-4H3,(H,10,11). The Morgan fingerprint density at radius 2 is 2.15 bits per heavy atom. The van der Waals surface area contributed by atoms with Gasteiger partial charge in [-0.15, -0.1) is 0 Å². The van der Waals surface area contributed by atoms with E-state index in [2.05, 4.69) is 5.32 Å². The van der Waals surface area contributed by atoms with Crippen molar-refractivity contribution in [1.29, 1.82) is 0 Å². The highest BCUT2D eigenvalue weighted by Gasteiger charge is 2.18. The Labute approximate surface area is 79.3 Å². The number of alkyl carbamates (subject to hydrolysis) is 1. The molecule has 78 valence electrons. The molecule has 13 heavy (non-hydrogen) atoms. The van der Waals surface area contributed by atoms with E-state index in [0.29, 0.717) is 6.42 Å². The number of aliphatic hydroxyl groups is 1. The molecule has 0 saturated carbocycles. The number of hydrogen-bond donors (Lipinski definition) is 2. The molecule has 1 unspecified atom stereocenters. The van der Waals surface area contributed by atoms with Crippen LogP contribution in [0.2, 0.25) is 0 Å². The fourth-order valence-corrected chi connectivity index (χ4v) is 0.643. The van der Waals surface area contributed by atoms with Gasteiger partial charge in [0.05, 0.1) is 11.7 Å². The van der Waals surface area contributed by atoms with Crippen LogP contribution in [0.1, 0.15) is 34.1 Å². The summed E-state index contributed by atoms with van der Waals surface area (Å²) in [5.74, 6) is 0. The Balaban J connectivity index is 3.70. The summed E-state index contributed by atoms with van der Waals surface area (Å²) in [5.41, 5.74) is -0.851. The van der Waals surface area contributed by atoms with E-state index < -0.39 is 11.7 Å². The van der Waals surface area contributed by atoms with Crippen LogP contribution in [0.25, 0.3) is 0 Å². The lowest BCUT2D eigenvalue weighted by molar-refractivity contribution is 0.0495. The first-order valence-electron chi connectivity index (χ1n) is 4.54. The summed E-state index contributed by atoms with van der Waals surface area (Å²) in [6.45, 7) is 7.29. The molecule has 0 fully saturated rings. The summed E-state index contributed by atoms with van der Waals surface area (Å²) in [6.07, 6.45) is -0.0232. The summed E-state index contributed by atoms with van der Waals surface area (Å²) in [6, 6.07) is 0. The second-order valence-electron chi connectivity index (χ2n) is 3.66. The van der Waals surface area contributed by atoms with E-state index in [-0.39, 0.29) is 12.6 Å². The predicted molar refractivity (Wildman–Crippen MR) is 50.5 cm³/mol. The fourth-order valence-electron chi connectivity index (χ4n) is 0.643. The summed E-state index contributed by atoms with van der Waals surface area (Å²) in [7, 11) is 0. The van der Waals surface area contributed by atoms with Gasteiger partial charge >= 0.3 is 6.09 Å². The van der Waals surface area contributed by atoms with Crippen LogP contribution < -0.4 is 5.32 Å². The Morgan fingerprint density at radius 1 is 1.62 bits per heavy atom. The van der Waals surface area contributed by atoms with Crippen LogP contribution in [0.3, 0.4) is 0 Å². The lowest BCUT2D eigenvalue weighted by Gasteiger charge is -2.21. The van der Waals surface area contributed by atoms with Crippen molar-refractivity contribution in [2.45, 2.75) is 45.8 Å². The zero-order valence-corrected chi connectivity index (χ0v) is 8.76. The average Bonchev–Trinajstić information content (AvgIpc) is 2.00. The molecule has 0 aliphatic heterocycles. The zero-order chi connectivity index (χ0) is 10.5. The molecule has 0 aliphatic rings. The normalized spacial score (nSPS) is 15.2. The number of rotatable bonds is 4. The molecule has 0 aliphatic carbocycles. The van der Waals surface area contributed by atoms with Gasteiger partial charge in [-0.2, -0.15) is 0 Å². The predicted octanol–water partition coefficient (Wildman–Crippen LogP) is 1.28. The molecular formula is C9H19NO3. The Morgan fingerprint density at radius 3 is 2.54 bits per heavy atom. The van der Waals surface area contributed by atoms with E-state index in [0.717, 1.165) is 0 Å². The minimum absolute atomic E-state index is 0.133. The first-order chi connectivity index (χ1) is 5.87. The lowest BCUT2D eigenvalue weighted by Crippen LogP contribution is -2.40. The summed E-state index contributed by atoms with van der Waals surface area (Å²) < 4.78 is 4.83. The van der Waals surface area contributed by atoms with Crippen molar-refractivity contribution in [2.24, 2.45) is 0 Å². The van der Waals surface area contributed by atoms with Gasteiger partial charge in [0, 0.05) is 6.54 Å². The van der Waals surface area contributed by atoms with Gasteiger partial charge in [-0.05, 0) is 27.2 Å². The quantitative estimate of drug-likeness (QED) is 0.700. The van der Waals surface area contributed by atoms with Crippen LogP contribution >= 0.6 is 0 Å². The van der Waals surface area contributed by atoms with Crippen LogP contribution in [0.15, 0.2) is 0 Å². The first kappa shape index (κ1) is 12.2. The van der Waals surface area contributed by atoms with Crippen LogP contribution in [0.4, 0.5) is 4.79 Å². The molecule has 0 spiro atoms. The van der Waals surface area contributed by atoms with Gasteiger partial charge in [-0.25, -0.2) is 4.79 Å². The molecule has 0 saturated heterocycles. The second kappa shape index (κ2) is 5.07. The number of hydrogen-bond acceptors (Lipinski definition) is 3. The first-order valence-corrected chi connectivity index (χ1v) is 4.54. The van der Waals surface area contributed by atoms with Gasteiger partial charge < -0.3 is 15.2 Å². The topological polar surface area (TPSA) is 58.6 Å². The van der Waals surface area contributed by atoms with Crippen LogP contribution in [-0.4, -0.2) is 29.4 Å². The number of amides is 1. The van der Waals surface area contributed by atoms with E-state index in [4.69, 9.17) is 4.74 Å². The SMILES string of the molecule is CCC(C)(O)CNC(=O)OC(C)C. The van der Waals surface area contributed by atoms with Crippen molar-refractivity contribution in [1.82, 2.24) is 5.32 Å². The maximum Gasteiger partial charge on any atom is 0.407 e. The molecule has 0 aromatic carbocycles. The maximum atomic E-state index is 11.0. The number of carbonyl (C=O) groups is 1. The van der Waals surface area contributed by atoms with E-state index in [1.165, 1.54) is 0 Å². The molecule has 0 rings (SSSR count). The van der Waals surface area contributed by atoms with Crippen molar-refractivity contribution in [2.75, 3.05) is 6.54 Å². The average molecular weight is 189 g/mol. The van der Waals surface area contributed by atoms with E-state index in [9.17, 15) is 9.90 Å². The number of carbonyl (C=O) groups excluding carboxylic acids is 1. The largest absolute Gasteiger partial charge is 0.447 e. The third-order valence-corrected chi connectivity index (χ3v) is 1.72. The molecule has 0 bridgehead atoms. The molecular weight excluding hydrogens is 170 g/mol. The van der Waals surface area contributed by atoms with Crippen LogP contribution in [0.5, 0.6) is 0 Å². The molecule has 0 heterocycles. The molecule has 0 aromatic rings. The Kier molecular flexibility index (Phi) is 4.77. The monoisotopic (exact) mass is 189 g/mol. The molecule has 1 amide bonds. The Bertz CT molecular complexity index is 166. The maximum absolute atomic E-state index is 11.0. The van der Waals surface area contributed by atoms with Gasteiger partial charge in [-0.1, -0.05) is 6.92 Å². The smallest absolute Gasteiger partial charge is 0.407 e.